The van der Waals surface area contributed by atoms with Crippen molar-refractivity contribution in [2.75, 3.05) is 7.11 Å². The Morgan fingerprint density at radius 1 is 1.15 bits per heavy atom. The van der Waals surface area contributed by atoms with Crippen LogP contribution in [0.1, 0.15) is 27.6 Å². The predicted octanol–water partition coefficient (Wildman–Crippen LogP) is 5.54. The number of halogens is 3. The van der Waals surface area contributed by atoms with Gasteiger partial charge in [-0.15, -0.1) is 11.6 Å². The summed E-state index contributed by atoms with van der Waals surface area (Å²) in [6, 6.07) is 8.88. The molecule has 0 N–H and O–H groups in total. The van der Waals surface area contributed by atoms with Crippen molar-refractivity contribution in [1.82, 2.24) is 0 Å². The van der Waals surface area contributed by atoms with Crippen molar-refractivity contribution in [3.8, 4) is 5.75 Å². The average Bonchev–Trinajstić information content (AvgIpc) is 2.43. The molecule has 0 aromatic heterocycles. The Bertz CT molecular complexity index is 643. The van der Waals surface area contributed by atoms with Gasteiger partial charge in [0.1, 0.15) is 11.6 Å². The zero-order chi connectivity index (χ0) is 14.9. The molecule has 0 bridgehead atoms. The van der Waals surface area contributed by atoms with E-state index in [2.05, 4.69) is 15.9 Å². The van der Waals surface area contributed by atoms with Crippen molar-refractivity contribution in [1.29, 1.82) is 0 Å². The molecule has 0 fully saturated rings. The minimum absolute atomic E-state index is 0.252. The van der Waals surface area contributed by atoms with Crippen LogP contribution in [-0.4, -0.2) is 7.11 Å². The summed E-state index contributed by atoms with van der Waals surface area (Å²) in [4.78, 5) is 0. The third kappa shape index (κ3) is 2.99. The fourth-order valence-corrected chi connectivity index (χ4v) is 2.66. The van der Waals surface area contributed by atoms with Crippen LogP contribution in [0.3, 0.4) is 0 Å². The highest BCUT2D eigenvalue weighted by molar-refractivity contribution is 9.10. The Kier molecular flexibility index (Phi) is 4.71. The minimum atomic E-state index is -0.461. The molecule has 0 radical (unpaired) electrons. The smallest absolute Gasteiger partial charge is 0.126 e. The lowest BCUT2D eigenvalue weighted by molar-refractivity contribution is 0.409. The first-order valence-electron chi connectivity index (χ1n) is 6.18. The maximum absolute atomic E-state index is 13.7. The standard InChI is InChI=1S/C16H15BrClFO/c1-9-4-5-11(7-14(9)19)16(18)12-8-13(17)10(2)6-15(12)20-3/h4-8,16H,1-3H3. The summed E-state index contributed by atoms with van der Waals surface area (Å²) in [5, 5.41) is -0.461. The van der Waals surface area contributed by atoms with Crippen molar-refractivity contribution >= 4 is 27.5 Å². The summed E-state index contributed by atoms with van der Waals surface area (Å²) in [5.41, 5.74) is 3.19. The highest BCUT2D eigenvalue weighted by Crippen LogP contribution is 2.38. The molecule has 2 rings (SSSR count). The number of methoxy groups -OCH3 is 1. The normalized spacial score (nSPS) is 12.3. The van der Waals surface area contributed by atoms with Gasteiger partial charge in [-0.1, -0.05) is 28.1 Å². The van der Waals surface area contributed by atoms with Gasteiger partial charge in [-0.2, -0.15) is 0 Å². The third-order valence-electron chi connectivity index (χ3n) is 3.27. The molecule has 0 aliphatic heterocycles. The summed E-state index contributed by atoms with van der Waals surface area (Å²) in [6.45, 7) is 3.70. The van der Waals surface area contributed by atoms with Crippen LogP contribution in [0.2, 0.25) is 0 Å². The first-order valence-corrected chi connectivity index (χ1v) is 7.41. The lowest BCUT2D eigenvalue weighted by atomic mass is 10.0. The number of ether oxygens (including phenoxy) is 1. The number of aryl methyl sites for hydroxylation is 2. The van der Waals surface area contributed by atoms with Gasteiger partial charge in [0.05, 0.1) is 12.5 Å². The summed E-state index contributed by atoms with van der Waals surface area (Å²) in [6.07, 6.45) is 0. The molecule has 0 saturated heterocycles. The van der Waals surface area contributed by atoms with Crippen LogP contribution in [-0.2, 0) is 0 Å². The lowest BCUT2D eigenvalue weighted by Crippen LogP contribution is -2.00. The first kappa shape index (κ1) is 15.3. The molecule has 2 aromatic carbocycles. The molecular weight excluding hydrogens is 343 g/mol. The van der Waals surface area contributed by atoms with Gasteiger partial charge in [0.25, 0.3) is 0 Å². The van der Waals surface area contributed by atoms with Crippen molar-refractivity contribution < 1.29 is 9.13 Å². The van der Waals surface area contributed by atoms with Gasteiger partial charge in [0, 0.05) is 10.0 Å². The zero-order valence-corrected chi connectivity index (χ0v) is 13.8. The van der Waals surface area contributed by atoms with E-state index in [1.165, 1.54) is 6.07 Å². The Morgan fingerprint density at radius 3 is 2.45 bits per heavy atom. The molecule has 0 spiro atoms. The maximum atomic E-state index is 13.7. The Labute approximate surface area is 131 Å². The summed E-state index contributed by atoms with van der Waals surface area (Å²) in [5.74, 6) is 0.449. The number of rotatable bonds is 3. The van der Waals surface area contributed by atoms with E-state index in [0.717, 1.165) is 15.6 Å². The van der Waals surface area contributed by atoms with Gasteiger partial charge in [-0.05, 0) is 48.7 Å². The average molecular weight is 358 g/mol. The van der Waals surface area contributed by atoms with Gasteiger partial charge >= 0.3 is 0 Å². The molecule has 1 atom stereocenters. The lowest BCUT2D eigenvalue weighted by Gasteiger charge is -2.16. The molecule has 0 heterocycles. The molecule has 1 nitrogen and oxygen atoms in total. The van der Waals surface area contributed by atoms with Crippen LogP contribution >= 0.6 is 27.5 Å². The molecule has 106 valence electrons. The van der Waals surface area contributed by atoms with E-state index in [4.69, 9.17) is 16.3 Å². The number of benzene rings is 2. The van der Waals surface area contributed by atoms with E-state index >= 15 is 0 Å². The monoisotopic (exact) mass is 356 g/mol. The highest BCUT2D eigenvalue weighted by atomic mass is 79.9. The van der Waals surface area contributed by atoms with Gasteiger partial charge in [-0.25, -0.2) is 4.39 Å². The van der Waals surface area contributed by atoms with Crippen molar-refractivity contribution in [3.63, 3.8) is 0 Å². The number of hydrogen-bond acceptors (Lipinski definition) is 1. The quantitative estimate of drug-likeness (QED) is 0.655. The van der Waals surface area contributed by atoms with Crippen LogP contribution in [0.25, 0.3) is 0 Å². The van der Waals surface area contributed by atoms with Crippen LogP contribution < -0.4 is 4.74 Å². The second-order valence-electron chi connectivity index (χ2n) is 4.71. The molecule has 0 aliphatic rings. The van der Waals surface area contributed by atoms with E-state index in [1.54, 1.807) is 20.1 Å². The Balaban J connectivity index is 2.49. The number of hydrogen-bond donors (Lipinski definition) is 0. The van der Waals surface area contributed by atoms with Crippen LogP contribution in [0, 0.1) is 19.7 Å². The fourth-order valence-electron chi connectivity index (χ4n) is 1.99. The van der Waals surface area contributed by atoms with Gasteiger partial charge in [0.15, 0.2) is 0 Å². The largest absolute Gasteiger partial charge is 0.496 e. The molecule has 4 heteroatoms. The zero-order valence-electron chi connectivity index (χ0n) is 11.5. The topological polar surface area (TPSA) is 9.23 Å². The van der Waals surface area contributed by atoms with Crippen LogP contribution in [0.4, 0.5) is 4.39 Å². The first-order chi connectivity index (χ1) is 9.43. The molecule has 0 aliphatic carbocycles. The third-order valence-corrected chi connectivity index (χ3v) is 4.61. The van der Waals surface area contributed by atoms with Crippen molar-refractivity contribution in [2.24, 2.45) is 0 Å². The Hall–Kier alpha value is -1.06. The molecular formula is C16H15BrClFO. The molecule has 20 heavy (non-hydrogen) atoms. The minimum Gasteiger partial charge on any atom is -0.496 e. The predicted molar refractivity (Wildman–Crippen MR) is 84.3 cm³/mol. The van der Waals surface area contributed by atoms with Crippen molar-refractivity contribution in [2.45, 2.75) is 19.2 Å². The van der Waals surface area contributed by atoms with E-state index < -0.39 is 5.38 Å². The van der Waals surface area contributed by atoms with Crippen molar-refractivity contribution in [3.05, 3.63) is 62.9 Å². The Morgan fingerprint density at radius 2 is 1.85 bits per heavy atom. The fraction of sp³-hybridized carbons (Fsp3) is 0.250. The van der Waals surface area contributed by atoms with E-state index in [-0.39, 0.29) is 5.82 Å². The second kappa shape index (κ2) is 6.15. The van der Waals surface area contributed by atoms with Crippen LogP contribution in [0.15, 0.2) is 34.8 Å². The van der Waals surface area contributed by atoms with E-state index in [9.17, 15) is 4.39 Å². The molecule has 0 saturated carbocycles. The van der Waals surface area contributed by atoms with Gasteiger partial charge in [0.2, 0.25) is 0 Å². The highest BCUT2D eigenvalue weighted by Gasteiger charge is 2.18. The van der Waals surface area contributed by atoms with E-state index in [0.29, 0.717) is 16.9 Å². The van der Waals surface area contributed by atoms with E-state index in [1.807, 2.05) is 25.1 Å². The molecule has 2 aromatic rings. The summed E-state index contributed by atoms with van der Waals surface area (Å²) in [7, 11) is 1.60. The van der Waals surface area contributed by atoms with Crippen LogP contribution in [0.5, 0.6) is 5.75 Å². The van der Waals surface area contributed by atoms with Gasteiger partial charge < -0.3 is 4.74 Å². The summed E-state index contributed by atoms with van der Waals surface area (Å²) < 4.78 is 20.0. The SMILES string of the molecule is COc1cc(C)c(Br)cc1C(Cl)c1ccc(C)c(F)c1. The summed E-state index contributed by atoms with van der Waals surface area (Å²) >= 11 is 9.98. The number of alkyl halides is 1. The molecule has 0 amide bonds. The molecule has 1 unspecified atom stereocenters. The van der Waals surface area contributed by atoms with Gasteiger partial charge in [-0.3, -0.25) is 0 Å². The second-order valence-corrected chi connectivity index (χ2v) is 6.01. The maximum Gasteiger partial charge on any atom is 0.126 e.